The Kier molecular flexibility index (Phi) is 8.74. The number of benzene rings is 1. The van der Waals surface area contributed by atoms with Gasteiger partial charge in [0.1, 0.15) is 0 Å². The zero-order valence-electron chi connectivity index (χ0n) is 14.3. The number of amides is 1. The van der Waals surface area contributed by atoms with E-state index in [1.54, 1.807) is 37.1 Å². The van der Waals surface area contributed by atoms with Gasteiger partial charge in [0.25, 0.3) is 10.1 Å². The van der Waals surface area contributed by atoms with Gasteiger partial charge in [0, 0.05) is 12.6 Å². The van der Waals surface area contributed by atoms with Crippen LogP contribution in [0.4, 0.5) is 0 Å². The molecule has 1 aromatic rings. The van der Waals surface area contributed by atoms with Crippen LogP contribution in [0.2, 0.25) is 0 Å². The van der Waals surface area contributed by atoms with Gasteiger partial charge in [0.15, 0.2) is 0 Å². The zero-order chi connectivity index (χ0) is 18.2. The molecule has 0 aliphatic heterocycles. The molecule has 1 rings (SSSR count). The number of rotatable bonds is 4. The van der Waals surface area contributed by atoms with E-state index in [0.717, 1.165) is 17.6 Å². The average Bonchev–Trinajstić information content (AvgIpc) is 2.52. The molecule has 6 nitrogen and oxygen atoms in total. The van der Waals surface area contributed by atoms with Crippen LogP contribution in [0.5, 0.6) is 0 Å². The molecule has 1 aromatic carbocycles. The van der Waals surface area contributed by atoms with Gasteiger partial charge in [0.2, 0.25) is 5.91 Å². The van der Waals surface area contributed by atoms with Crippen LogP contribution in [0, 0.1) is 6.92 Å². The number of aryl methyl sites for hydroxylation is 1. The van der Waals surface area contributed by atoms with Crippen molar-refractivity contribution in [2.24, 2.45) is 5.73 Å². The number of nitrogens with two attached hydrogens (primary N) is 1. The maximum absolute atomic E-state index is 11.5. The van der Waals surface area contributed by atoms with Crippen LogP contribution in [0.1, 0.15) is 32.8 Å². The van der Waals surface area contributed by atoms with Crippen LogP contribution < -0.4 is 5.73 Å². The first-order valence-electron chi connectivity index (χ1n) is 7.24. The number of allylic oxidation sites excluding steroid dienone is 1. The Morgan fingerprint density at radius 1 is 1.35 bits per heavy atom. The van der Waals surface area contributed by atoms with E-state index in [2.05, 4.69) is 0 Å². The lowest BCUT2D eigenvalue weighted by Crippen LogP contribution is -2.42. The molecule has 0 aromatic heterocycles. The van der Waals surface area contributed by atoms with Gasteiger partial charge in [-0.2, -0.15) is 8.42 Å². The Balaban J connectivity index is 0.000000422. The lowest BCUT2D eigenvalue weighted by Gasteiger charge is -2.23. The van der Waals surface area contributed by atoms with Gasteiger partial charge in [-0.05, 0) is 39.3 Å². The van der Waals surface area contributed by atoms with Crippen molar-refractivity contribution in [3.05, 3.63) is 41.5 Å². The monoisotopic (exact) mass is 342 g/mol. The maximum Gasteiger partial charge on any atom is 0.294 e. The average molecular weight is 342 g/mol. The number of hydrogen-bond donors (Lipinski definition) is 2. The quantitative estimate of drug-likeness (QED) is 0.497. The summed E-state index contributed by atoms with van der Waals surface area (Å²) in [6.45, 7) is 7.44. The molecule has 1 unspecified atom stereocenters. The van der Waals surface area contributed by atoms with E-state index in [1.807, 2.05) is 20.8 Å². The Hall–Kier alpha value is -1.70. The molecule has 0 fully saturated rings. The normalized spacial score (nSPS) is 12.9. The van der Waals surface area contributed by atoms with E-state index < -0.39 is 10.1 Å². The number of nitrogens with zero attached hydrogens (tertiary/aromatic N) is 1. The van der Waals surface area contributed by atoms with Crippen LogP contribution in [-0.4, -0.2) is 37.0 Å². The summed E-state index contributed by atoms with van der Waals surface area (Å²) < 4.78 is 29.6. The smallest absolute Gasteiger partial charge is 0.294 e. The summed E-state index contributed by atoms with van der Waals surface area (Å²) in [6.07, 6.45) is 2.40. The Labute approximate surface area is 138 Å². The third kappa shape index (κ3) is 7.40. The van der Waals surface area contributed by atoms with Crippen LogP contribution in [0.25, 0.3) is 0 Å². The largest absolute Gasteiger partial charge is 0.327 e. The Bertz CT molecular complexity index is 637. The predicted octanol–water partition coefficient (Wildman–Crippen LogP) is 2.35. The fourth-order valence-corrected chi connectivity index (χ4v) is 2.02. The Morgan fingerprint density at radius 3 is 2.17 bits per heavy atom. The van der Waals surface area contributed by atoms with Crippen LogP contribution in [-0.2, 0) is 14.9 Å². The lowest BCUT2D eigenvalue weighted by atomic mass is 10.2. The van der Waals surface area contributed by atoms with Gasteiger partial charge in [0.05, 0.1) is 11.1 Å². The summed E-state index contributed by atoms with van der Waals surface area (Å²) >= 11 is 0. The summed E-state index contributed by atoms with van der Waals surface area (Å²) in [5, 5.41) is 0. The molecule has 0 aliphatic carbocycles. The summed E-state index contributed by atoms with van der Waals surface area (Å²) in [5.41, 5.74) is 7.38. The highest BCUT2D eigenvalue weighted by atomic mass is 32.2. The molecule has 130 valence electrons. The van der Waals surface area contributed by atoms with Gasteiger partial charge in [-0.25, -0.2) is 0 Å². The van der Waals surface area contributed by atoms with Gasteiger partial charge >= 0.3 is 0 Å². The maximum atomic E-state index is 11.5. The molecule has 0 heterocycles. The molecule has 0 aliphatic rings. The first-order valence-corrected chi connectivity index (χ1v) is 8.68. The van der Waals surface area contributed by atoms with Gasteiger partial charge in [-0.3, -0.25) is 9.35 Å². The highest BCUT2D eigenvalue weighted by Crippen LogP contribution is 2.08. The molecule has 1 atom stereocenters. The summed E-state index contributed by atoms with van der Waals surface area (Å²) in [7, 11) is -2.29. The van der Waals surface area contributed by atoms with Crippen LogP contribution >= 0.6 is 0 Å². The summed E-state index contributed by atoms with van der Waals surface area (Å²) in [5.74, 6) is 0.00634. The minimum atomic E-state index is -4.02. The van der Waals surface area contributed by atoms with Crippen molar-refractivity contribution in [1.29, 1.82) is 0 Å². The van der Waals surface area contributed by atoms with E-state index in [4.69, 9.17) is 10.3 Å². The van der Waals surface area contributed by atoms with Crippen molar-refractivity contribution in [1.82, 2.24) is 4.90 Å². The van der Waals surface area contributed by atoms with Crippen LogP contribution in [0.15, 0.2) is 40.8 Å². The Morgan fingerprint density at radius 2 is 1.83 bits per heavy atom. The molecule has 0 saturated heterocycles. The second kappa shape index (κ2) is 9.44. The number of hydrogen-bond acceptors (Lipinski definition) is 4. The summed E-state index contributed by atoms with van der Waals surface area (Å²) in [6, 6.07) is 5.99. The molecule has 0 spiro atoms. The van der Waals surface area contributed by atoms with E-state index in [9.17, 15) is 13.2 Å². The highest BCUT2D eigenvalue weighted by Gasteiger charge is 2.14. The minimum Gasteiger partial charge on any atom is -0.327 e. The molecule has 3 N–H and O–H groups in total. The fraction of sp³-hybridized carbons (Fsp3) is 0.438. The predicted molar refractivity (Wildman–Crippen MR) is 91.5 cm³/mol. The van der Waals surface area contributed by atoms with E-state index in [0.29, 0.717) is 0 Å². The first-order chi connectivity index (χ1) is 10.5. The molecule has 1 amide bonds. The highest BCUT2D eigenvalue weighted by molar-refractivity contribution is 7.85. The number of likely N-dealkylation sites (N-methyl/N-ethyl adjacent to an activating group) is 1. The third-order valence-electron chi connectivity index (χ3n) is 3.33. The molecule has 0 radical (unpaired) electrons. The SMILES string of the molecule is CC=C(C)C(=O)N(C)C(N)CC.Cc1ccc(S(=O)(=O)O)cc1. The topological polar surface area (TPSA) is 101 Å². The molecule has 0 saturated carbocycles. The summed E-state index contributed by atoms with van der Waals surface area (Å²) in [4.78, 5) is 13.0. The van der Waals surface area contributed by atoms with Gasteiger partial charge in [-0.1, -0.05) is 30.7 Å². The van der Waals surface area contributed by atoms with Crippen molar-refractivity contribution in [3.63, 3.8) is 0 Å². The molecular weight excluding hydrogens is 316 g/mol. The molecule has 7 heteroatoms. The fourth-order valence-electron chi connectivity index (χ4n) is 1.54. The molecule has 23 heavy (non-hydrogen) atoms. The van der Waals surface area contributed by atoms with E-state index in [1.165, 1.54) is 12.1 Å². The van der Waals surface area contributed by atoms with Gasteiger partial charge < -0.3 is 10.6 Å². The second-order valence-corrected chi connectivity index (χ2v) is 6.57. The lowest BCUT2D eigenvalue weighted by molar-refractivity contribution is -0.127. The molecule has 0 bridgehead atoms. The standard InChI is InChI=1S/C9H18N2O.C7H8O3S/c1-5-7(3)9(12)11(4)8(10)6-2;1-6-2-4-7(5-3-6)11(8,9)10/h5,8H,6,10H2,1-4H3;2-5H,1H3,(H,8,9,10). The van der Waals surface area contributed by atoms with Crippen molar-refractivity contribution >= 4 is 16.0 Å². The number of carbonyl (C=O) groups is 1. The van der Waals surface area contributed by atoms with Gasteiger partial charge in [-0.15, -0.1) is 0 Å². The second-order valence-electron chi connectivity index (χ2n) is 5.15. The van der Waals surface area contributed by atoms with Crippen molar-refractivity contribution in [2.45, 2.75) is 45.2 Å². The van der Waals surface area contributed by atoms with Crippen LogP contribution in [0.3, 0.4) is 0 Å². The first kappa shape index (κ1) is 21.3. The minimum absolute atomic E-state index is 0.00634. The van der Waals surface area contributed by atoms with Crippen molar-refractivity contribution < 1.29 is 17.8 Å². The third-order valence-corrected chi connectivity index (χ3v) is 4.19. The molecular formula is C16H26N2O4S. The van der Waals surface area contributed by atoms with Crippen molar-refractivity contribution in [2.75, 3.05) is 7.05 Å². The van der Waals surface area contributed by atoms with E-state index >= 15 is 0 Å². The van der Waals surface area contributed by atoms with E-state index in [-0.39, 0.29) is 17.0 Å². The number of carbonyl (C=O) groups excluding carboxylic acids is 1. The zero-order valence-corrected chi connectivity index (χ0v) is 15.1. The van der Waals surface area contributed by atoms with Crippen molar-refractivity contribution in [3.8, 4) is 0 Å².